The molecule has 0 heterocycles. The predicted molar refractivity (Wildman–Crippen MR) is 272 cm³/mol. The van der Waals surface area contributed by atoms with Gasteiger partial charge >= 0.3 is 0 Å². The van der Waals surface area contributed by atoms with E-state index in [-0.39, 0.29) is 5.41 Å². The van der Waals surface area contributed by atoms with Gasteiger partial charge in [-0.3, -0.25) is 0 Å². The quantitative estimate of drug-likeness (QED) is 0.147. The van der Waals surface area contributed by atoms with Crippen molar-refractivity contribution >= 4 is 17.1 Å². The molecular formula is C64H47N. The lowest BCUT2D eigenvalue weighted by Gasteiger charge is -2.34. The first-order chi connectivity index (χ1) is 32.0. The maximum absolute atomic E-state index is 2.53. The van der Waals surface area contributed by atoms with Gasteiger partial charge in [-0.25, -0.2) is 0 Å². The second-order valence-corrected chi connectivity index (χ2v) is 18.0. The number of fused-ring (bicyclic) bond motifs is 6. The highest BCUT2D eigenvalue weighted by Gasteiger charge is 2.47. The van der Waals surface area contributed by atoms with Crippen LogP contribution in [0.4, 0.5) is 17.1 Å². The Morgan fingerprint density at radius 1 is 0.292 bits per heavy atom. The SMILES string of the molecule is CC1(C)c2ccccc2-c2ccc(-c3cccc(N(c4ccccc4-c4ccc(-c5ccccc5)cc4)c4cccc5c4-c4ccccc4C5(c4ccccc4)c4ccccc4)c3)cc21. The number of anilines is 3. The fourth-order valence-electron chi connectivity index (χ4n) is 11.2. The van der Waals surface area contributed by atoms with Crippen molar-refractivity contribution in [2.75, 3.05) is 4.90 Å². The first-order valence-corrected chi connectivity index (χ1v) is 22.8. The van der Waals surface area contributed by atoms with Gasteiger partial charge in [-0.05, 0) is 108 Å². The van der Waals surface area contributed by atoms with Crippen LogP contribution in [0.15, 0.2) is 249 Å². The zero-order valence-electron chi connectivity index (χ0n) is 36.6. The van der Waals surface area contributed by atoms with Gasteiger partial charge in [-0.15, -0.1) is 0 Å². The number of rotatable bonds is 8. The van der Waals surface area contributed by atoms with Crippen LogP contribution in [0.25, 0.3) is 55.6 Å². The summed E-state index contributed by atoms with van der Waals surface area (Å²) >= 11 is 0. The number of hydrogen-bond donors (Lipinski definition) is 0. The Morgan fingerprint density at radius 2 is 0.769 bits per heavy atom. The van der Waals surface area contributed by atoms with Crippen molar-refractivity contribution < 1.29 is 0 Å². The van der Waals surface area contributed by atoms with Crippen LogP contribution in [0.5, 0.6) is 0 Å². The molecule has 10 aromatic rings. The molecule has 0 spiro atoms. The summed E-state index contributed by atoms with van der Waals surface area (Å²) in [5.74, 6) is 0. The molecule has 1 nitrogen and oxygen atoms in total. The van der Waals surface area contributed by atoms with Crippen molar-refractivity contribution in [3.63, 3.8) is 0 Å². The molecule has 1 heteroatoms. The molecule has 0 aliphatic heterocycles. The van der Waals surface area contributed by atoms with Crippen molar-refractivity contribution in [2.24, 2.45) is 0 Å². The lowest BCUT2D eigenvalue weighted by atomic mass is 9.68. The molecule has 0 amide bonds. The maximum Gasteiger partial charge on any atom is 0.0714 e. The molecule has 65 heavy (non-hydrogen) atoms. The van der Waals surface area contributed by atoms with E-state index in [4.69, 9.17) is 0 Å². The smallest absolute Gasteiger partial charge is 0.0714 e. The zero-order valence-corrected chi connectivity index (χ0v) is 36.6. The van der Waals surface area contributed by atoms with E-state index in [2.05, 4.69) is 267 Å². The summed E-state index contributed by atoms with van der Waals surface area (Å²) in [5.41, 5.74) is 22.9. The Balaban J connectivity index is 1.09. The Bertz CT molecular complexity index is 3340. The minimum Gasteiger partial charge on any atom is -0.309 e. The molecular weight excluding hydrogens is 783 g/mol. The molecule has 2 aliphatic rings. The van der Waals surface area contributed by atoms with Gasteiger partial charge in [0.15, 0.2) is 0 Å². The van der Waals surface area contributed by atoms with E-state index in [1.54, 1.807) is 0 Å². The third-order valence-corrected chi connectivity index (χ3v) is 14.2. The van der Waals surface area contributed by atoms with Gasteiger partial charge in [0.05, 0.1) is 16.8 Å². The Morgan fingerprint density at radius 3 is 1.49 bits per heavy atom. The summed E-state index contributed by atoms with van der Waals surface area (Å²) in [6, 6.07) is 92.0. The van der Waals surface area contributed by atoms with E-state index >= 15 is 0 Å². The molecule has 0 unspecified atom stereocenters. The fourth-order valence-corrected chi connectivity index (χ4v) is 11.2. The van der Waals surface area contributed by atoms with Crippen LogP contribution in [0.3, 0.4) is 0 Å². The Hall–Kier alpha value is -8.00. The third kappa shape index (κ3) is 6.07. The minimum atomic E-state index is -0.528. The molecule has 0 bridgehead atoms. The van der Waals surface area contributed by atoms with Crippen molar-refractivity contribution in [1.82, 2.24) is 0 Å². The third-order valence-electron chi connectivity index (χ3n) is 14.2. The summed E-state index contributed by atoms with van der Waals surface area (Å²) in [4.78, 5) is 2.53. The van der Waals surface area contributed by atoms with Gasteiger partial charge in [0.2, 0.25) is 0 Å². The number of hydrogen-bond acceptors (Lipinski definition) is 1. The molecule has 2 aliphatic carbocycles. The summed E-state index contributed by atoms with van der Waals surface area (Å²) in [7, 11) is 0. The zero-order chi connectivity index (χ0) is 43.5. The number of nitrogens with zero attached hydrogens (tertiary/aromatic N) is 1. The van der Waals surface area contributed by atoms with Crippen molar-refractivity contribution in [3.8, 4) is 55.6 Å². The fraction of sp³-hybridized carbons (Fsp3) is 0.0625. The second kappa shape index (κ2) is 15.4. The lowest BCUT2D eigenvalue weighted by molar-refractivity contribution is 0.660. The van der Waals surface area contributed by atoms with E-state index in [9.17, 15) is 0 Å². The minimum absolute atomic E-state index is 0.0947. The van der Waals surface area contributed by atoms with Crippen molar-refractivity contribution in [2.45, 2.75) is 24.7 Å². The average Bonchev–Trinajstić information content (AvgIpc) is 3.81. The molecule has 0 saturated carbocycles. The molecule has 0 aromatic heterocycles. The predicted octanol–water partition coefficient (Wildman–Crippen LogP) is 16.8. The van der Waals surface area contributed by atoms with Crippen LogP contribution in [0, 0.1) is 0 Å². The molecule has 0 saturated heterocycles. The van der Waals surface area contributed by atoms with Gasteiger partial charge in [0.1, 0.15) is 0 Å². The van der Waals surface area contributed by atoms with E-state index in [1.807, 2.05) is 0 Å². The van der Waals surface area contributed by atoms with Gasteiger partial charge in [0.25, 0.3) is 0 Å². The number of benzene rings is 10. The summed E-state index contributed by atoms with van der Waals surface area (Å²) in [5, 5.41) is 0. The van der Waals surface area contributed by atoms with Crippen molar-refractivity contribution in [1.29, 1.82) is 0 Å². The van der Waals surface area contributed by atoms with Crippen LogP contribution in [0.2, 0.25) is 0 Å². The van der Waals surface area contributed by atoms with E-state index in [1.165, 1.54) is 77.9 Å². The van der Waals surface area contributed by atoms with E-state index in [0.29, 0.717) is 0 Å². The summed E-state index contributed by atoms with van der Waals surface area (Å²) < 4.78 is 0. The maximum atomic E-state index is 2.53. The van der Waals surface area contributed by atoms with Crippen LogP contribution in [-0.4, -0.2) is 0 Å². The van der Waals surface area contributed by atoms with Crippen LogP contribution in [0.1, 0.15) is 47.2 Å². The van der Waals surface area contributed by atoms with Gasteiger partial charge in [-0.1, -0.05) is 232 Å². The summed E-state index contributed by atoms with van der Waals surface area (Å²) in [6.45, 7) is 4.73. The normalized spacial score (nSPS) is 13.6. The standard InChI is InChI=1S/C64H47N/c1-63(2)56-31-15-12-29-53(56)54-41-40-48(43-59(54)63)47-22-18-27-51(42-47)65(60-34-17-14-28-52(60)46-38-36-45(37-39-46)44-20-6-3-7-21-44)61-35-19-33-58-62(61)55-30-13-16-32-57(55)64(58,49-23-8-4-9-24-49)50-25-10-5-11-26-50/h3-43H,1-2H3. The van der Waals surface area contributed by atoms with E-state index in [0.717, 1.165) is 28.2 Å². The summed E-state index contributed by atoms with van der Waals surface area (Å²) in [6.07, 6.45) is 0. The first kappa shape index (κ1) is 38.7. The van der Waals surface area contributed by atoms with Crippen LogP contribution >= 0.6 is 0 Å². The Labute approximate surface area is 382 Å². The molecule has 10 aromatic carbocycles. The van der Waals surface area contributed by atoms with Crippen LogP contribution < -0.4 is 4.90 Å². The molecule has 12 rings (SSSR count). The topological polar surface area (TPSA) is 3.24 Å². The highest BCUT2D eigenvalue weighted by molar-refractivity contribution is 6.00. The Kier molecular flexibility index (Phi) is 9.14. The van der Waals surface area contributed by atoms with Gasteiger partial charge < -0.3 is 4.90 Å². The molecule has 308 valence electrons. The highest BCUT2D eigenvalue weighted by Crippen LogP contribution is 2.60. The molecule has 0 atom stereocenters. The van der Waals surface area contributed by atoms with Gasteiger partial charge in [0, 0.05) is 22.2 Å². The lowest BCUT2D eigenvalue weighted by Crippen LogP contribution is -2.28. The highest BCUT2D eigenvalue weighted by atomic mass is 15.1. The van der Waals surface area contributed by atoms with Crippen LogP contribution in [-0.2, 0) is 10.8 Å². The van der Waals surface area contributed by atoms with Crippen molar-refractivity contribution in [3.05, 3.63) is 282 Å². The second-order valence-electron chi connectivity index (χ2n) is 18.0. The average molecular weight is 830 g/mol. The molecule has 0 radical (unpaired) electrons. The number of para-hydroxylation sites is 1. The van der Waals surface area contributed by atoms with Gasteiger partial charge in [-0.2, -0.15) is 0 Å². The first-order valence-electron chi connectivity index (χ1n) is 22.8. The largest absolute Gasteiger partial charge is 0.309 e. The monoisotopic (exact) mass is 829 g/mol. The van der Waals surface area contributed by atoms with E-state index < -0.39 is 5.41 Å². The molecule has 0 N–H and O–H groups in total. The molecule has 0 fully saturated rings.